The second-order valence-electron chi connectivity index (χ2n) is 12.9. The minimum Gasteiger partial charge on any atom is -0.493 e. The van der Waals surface area contributed by atoms with Gasteiger partial charge in [-0.2, -0.15) is 0 Å². The molecule has 0 radical (unpaired) electrons. The fourth-order valence-corrected chi connectivity index (χ4v) is 9.02. The first-order valence-electron chi connectivity index (χ1n) is 15.6. The average molecular weight is 554 g/mol. The Morgan fingerprint density at radius 3 is 2.17 bits per heavy atom. The van der Waals surface area contributed by atoms with Gasteiger partial charge < -0.3 is 9.47 Å². The molecule has 0 amide bonds. The molecule has 0 unspecified atom stereocenters. The maximum Gasteiger partial charge on any atom is 0.161 e. The van der Waals surface area contributed by atoms with Crippen molar-refractivity contribution in [3.8, 4) is 11.5 Å². The molecule has 2 bridgehead atoms. The first kappa shape index (κ1) is 25.9. The van der Waals surface area contributed by atoms with Crippen LogP contribution in [-0.2, 0) is 13.1 Å². The zero-order valence-electron chi connectivity index (χ0n) is 24.8. The molecule has 3 heteroatoms. The summed E-state index contributed by atoms with van der Waals surface area (Å²) in [5, 5.41) is 0. The lowest BCUT2D eigenvalue weighted by Crippen LogP contribution is -2.34. The molecule has 0 aromatic heterocycles. The third-order valence-electron chi connectivity index (χ3n) is 10.7. The number of hydrogen-bond acceptors (Lipinski definition) is 3. The first-order valence-corrected chi connectivity index (χ1v) is 15.6. The van der Waals surface area contributed by atoms with Crippen LogP contribution in [0.2, 0.25) is 0 Å². The minimum atomic E-state index is 0.136. The van der Waals surface area contributed by atoms with E-state index in [0.717, 1.165) is 36.4 Å². The van der Waals surface area contributed by atoms with E-state index in [0.29, 0.717) is 11.8 Å². The number of fused-ring (bicyclic) bond motifs is 8. The number of hydrogen-bond donors (Lipinski definition) is 0. The van der Waals surface area contributed by atoms with Crippen LogP contribution in [0.15, 0.2) is 91.0 Å². The third kappa shape index (κ3) is 3.97. The van der Waals surface area contributed by atoms with E-state index in [-0.39, 0.29) is 6.04 Å². The first-order chi connectivity index (χ1) is 20.6. The minimum absolute atomic E-state index is 0.136. The summed E-state index contributed by atoms with van der Waals surface area (Å²) in [5.41, 5.74) is 12.8. The van der Waals surface area contributed by atoms with Crippen LogP contribution in [0.3, 0.4) is 0 Å². The Balaban J connectivity index is 1.43. The molecular formula is C39H39NO2. The molecule has 3 nitrogen and oxygen atoms in total. The highest BCUT2D eigenvalue weighted by Crippen LogP contribution is 2.67. The van der Waals surface area contributed by atoms with Crippen LogP contribution in [0.1, 0.15) is 70.2 Å². The van der Waals surface area contributed by atoms with Crippen molar-refractivity contribution in [1.82, 2.24) is 4.90 Å². The molecule has 212 valence electrons. The Labute approximate surface area is 249 Å². The van der Waals surface area contributed by atoms with Gasteiger partial charge in [0.25, 0.3) is 0 Å². The highest BCUT2D eigenvalue weighted by molar-refractivity contribution is 5.99. The number of allylic oxidation sites excluding steroid dienone is 1. The van der Waals surface area contributed by atoms with Crippen molar-refractivity contribution in [3.63, 3.8) is 0 Å². The standard InChI is InChI=1S/C39H39NO2/c1-24-13-15-26(16-14-24)39-38(37-31-12-8-7-11-30(31)35-27-17-18-28(19-27)36(35)37)32-21-34(42-3)33(41-2)20-29(32)23-40(39)22-25-9-5-4-6-10-25/h4-16,20-21,27-28,35-36,39H,17-19,22-23H2,1-3H3/b38-37+/t27-,28+,35-,36-,39+/m1/s1. The van der Waals surface area contributed by atoms with Crippen molar-refractivity contribution in [2.45, 2.75) is 51.2 Å². The molecule has 8 rings (SSSR count). The number of ether oxygens (including phenoxy) is 2. The van der Waals surface area contributed by atoms with E-state index in [9.17, 15) is 0 Å². The number of methoxy groups -OCH3 is 2. The van der Waals surface area contributed by atoms with E-state index in [2.05, 4.69) is 103 Å². The lowest BCUT2D eigenvalue weighted by Gasteiger charge is -2.42. The number of aryl methyl sites for hydroxylation is 1. The van der Waals surface area contributed by atoms with Crippen LogP contribution in [0, 0.1) is 24.7 Å². The van der Waals surface area contributed by atoms with Gasteiger partial charge in [-0.25, -0.2) is 0 Å². The van der Waals surface area contributed by atoms with Crippen molar-refractivity contribution < 1.29 is 9.47 Å². The summed E-state index contributed by atoms with van der Waals surface area (Å²) in [5.74, 6) is 4.42. The Morgan fingerprint density at radius 2 is 1.40 bits per heavy atom. The largest absolute Gasteiger partial charge is 0.493 e. The van der Waals surface area contributed by atoms with Crippen molar-refractivity contribution in [3.05, 3.63) is 130 Å². The van der Waals surface area contributed by atoms with E-state index in [1.807, 2.05) is 0 Å². The van der Waals surface area contributed by atoms with Crippen LogP contribution < -0.4 is 9.47 Å². The SMILES string of the molecule is COc1cc2c(cc1OC)/C(=C1/c3ccccc3[C@H]3[C@@H]4CC[C@@H](C4)[C@@H]13)[C@H](c1ccc(C)cc1)N(Cc1ccccc1)C2. The molecule has 3 aliphatic carbocycles. The Bertz CT molecular complexity index is 1670. The number of nitrogens with zero attached hydrogens (tertiary/aromatic N) is 1. The van der Waals surface area contributed by atoms with Gasteiger partial charge in [0.2, 0.25) is 0 Å². The molecule has 2 fully saturated rings. The van der Waals surface area contributed by atoms with E-state index >= 15 is 0 Å². The Kier molecular flexibility index (Phi) is 6.26. The molecule has 5 atom stereocenters. The summed E-state index contributed by atoms with van der Waals surface area (Å²) in [6, 6.07) is 34.3. The molecule has 4 aromatic rings. The van der Waals surface area contributed by atoms with Crippen molar-refractivity contribution in [2.75, 3.05) is 14.2 Å². The summed E-state index contributed by atoms with van der Waals surface area (Å²) in [7, 11) is 3.51. The molecule has 4 aliphatic rings. The molecule has 0 saturated heterocycles. The summed E-state index contributed by atoms with van der Waals surface area (Å²) in [4.78, 5) is 2.69. The van der Waals surface area contributed by atoms with Gasteiger partial charge in [-0.1, -0.05) is 84.4 Å². The summed E-state index contributed by atoms with van der Waals surface area (Å²) in [6.45, 7) is 3.92. The molecular weight excluding hydrogens is 514 g/mol. The van der Waals surface area contributed by atoms with Crippen LogP contribution in [0.5, 0.6) is 11.5 Å². The van der Waals surface area contributed by atoms with Gasteiger partial charge in [0.1, 0.15) is 0 Å². The van der Waals surface area contributed by atoms with Gasteiger partial charge in [-0.15, -0.1) is 0 Å². The van der Waals surface area contributed by atoms with Crippen molar-refractivity contribution >= 4 is 11.1 Å². The van der Waals surface area contributed by atoms with E-state index in [1.165, 1.54) is 58.2 Å². The molecule has 1 aliphatic heterocycles. The molecule has 4 aromatic carbocycles. The van der Waals surface area contributed by atoms with Crippen LogP contribution in [0.4, 0.5) is 0 Å². The third-order valence-corrected chi connectivity index (χ3v) is 10.7. The van der Waals surface area contributed by atoms with Gasteiger partial charge in [-0.05, 0) is 107 Å². The highest BCUT2D eigenvalue weighted by Gasteiger charge is 2.55. The highest BCUT2D eigenvalue weighted by atomic mass is 16.5. The van der Waals surface area contributed by atoms with Crippen LogP contribution in [-0.4, -0.2) is 19.1 Å². The second kappa shape index (κ2) is 10.2. The predicted octanol–water partition coefficient (Wildman–Crippen LogP) is 8.82. The zero-order valence-corrected chi connectivity index (χ0v) is 24.8. The molecule has 1 heterocycles. The quantitative estimate of drug-likeness (QED) is 0.246. The lowest BCUT2D eigenvalue weighted by molar-refractivity contribution is 0.210. The van der Waals surface area contributed by atoms with Gasteiger partial charge >= 0.3 is 0 Å². The molecule has 2 saturated carbocycles. The lowest BCUT2D eigenvalue weighted by atomic mass is 9.73. The maximum absolute atomic E-state index is 5.94. The van der Waals surface area contributed by atoms with Gasteiger partial charge in [0.05, 0.1) is 20.3 Å². The zero-order chi connectivity index (χ0) is 28.4. The Morgan fingerprint density at radius 1 is 0.714 bits per heavy atom. The maximum atomic E-state index is 5.94. The normalized spacial score (nSPS) is 27.5. The van der Waals surface area contributed by atoms with Gasteiger partial charge in [0.15, 0.2) is 11.5 Å². The summed E-state index contributed by atoms with van der Waals surface area (Å²) in [6.07, 6.45) is 4.12. The van der Waals surface area contributed by atoms with Gasteiger partial charge in [0, 0.05) is 13.1 Å². The number of rotatable bonds is 5. The Hall–Kier alpha value is -3.82. The predicted molar refractivity (Wildman–Crippen MR) is 169 cm³/mol. The van der Waals surface area contributed by atoms with E-state index in [1.54, 1.807) is 25.4 Å². The average Bonchev–Trinajstić information content (AvgIpc) is 3.73. The second-order valence-corrected chi connectivity index (χ2v) is 12.9. The van der Waals surface area contributed by atoms with E-state index in [4.69, 9.17) is 9.47 Å². The smallest absolute Gasteiger partial charge is 0.161 e. The van der Waals surface area contributed by atoms with Crippen LogP contribution >= 0.6 is 0 Å². The topological polar surface area (TPSA) is 21.7 Å². The fourth-order valence-electron chi connectivity index (χ4n) is 9.02. The molecule has 0 spiro atoms. The van der Waals surface area contributed by atoms with Gasteiger partial charge in [-0.3, -0.25) is 4.90 Å². The van der Waals surface area contributed by atoms with Crippen LogP contribution in [0.25, 0.3) is 11.1 Å². The summed E-state index contributed by atoms with van der Waals surface area (Å²) < 4.78 is 11.8. The molecule has 42 heavy (non-hydrogen) atoms. The van der Waals surface area contributed by atoms with E-state index < -0.39 is 0 Å². The molecule has 0 N–H and O–H groups in total. The monoisotopic (exact) mass is 553 g/mol. The van der Waals surface area contributed by atoms with Crippen molar-refractivity contribution in [1.29, 1.82) is 0 Å². The number of benzene rings is 4. The van der Waals surface area contributed by atoms with Crippen molar-refractivity contribution in [2.24, 2.45) is 17.8 Å². The fraction of sp³-hybridized carbons (Fsp3) is 0.333. The summed E-state index contributed by atoms with van der Waals surface area (Å²) >= 11 is 0.